The smallest absolute Gasteiger partial charge is 0.191 e. The van der Waals surface area contributed by atoms with Crippen LogP contribution in [0, 0.1) is 6.92 Å². The fourth-order valence-corrected chi connectivity index (χ4v) is 3.49. The number of guanidine groups is 1. The number of hydrogen-bond donors (Lipinski definition) is 2. The normalized spacial score (nSPS) is 16.1. The highest BCUT2D eigenvalue weighted by molar-refractivity contribution is 14.0. The molecule has 0 amide bonds. The minimum atomic E-state index is 0. The molecule has 7 nitrogen and oxygen atoms in total. The van der Waals surface area contributed by atoms with Gasteiger partial charge in [0.25, 0.3) is 0 Å². The van der Waals surface area contributed by atoms with Crippen molar-refractivity contribution in [2.45, 2.75) is 52.2 Å². The molecule has 2 aromatic rings. The Morgan fingerprint density at radius 3 is 2.94 bits per heavy atom. The Bertz CT molecular complexity index is 818. The fraction of sp³-hybridized carbons (Fsp3) is 0.565. The molecule has 0 spiro atoms. The van der Waals surface area contributed by atoms with Crippen LogP contribution in [0.2, 0.25) is 0 Å². The molecule has 0 bridgehead atoms. The van der Waals surface area contributed by atoms with Crippen LogP contribution in [-0.4, -0.2) is 48.1 Å². The lowest BCUT2D eigenvalue weighted by Crippen LogP contribution is -2.37. The van der Waals surface area contributed by atoms with E-state index in [1.54, 1.807) is 0 Å². The van der Waals surface area contributed by atoms with Crippen LogP contribution in [0.3, 0.4) is 0 Å². The van der Waals surface area contributed by atoms with Crippen molar-refractivity contribution in [3.05, 3.63) is 47.3 Å². The van der Waals surface area contributed by atoms with Crippen molar-refractivity contribution in [3.63, 3.8) is 0 Å². The average Bonchev–Trinajstić information content (AvgIpc) is 3.40. The summed E-state index contributed by atoms with van der Waals surface area (Å²) >= 11 is 0. The van der Waals surface area contributed by atoms with E-state index in [2.05, 4.69) is 54.0 Å². The number of nitrogens with one attached hydrogen (secondary N) is 2. The van der Waals surface area contributed by atoms with Crippen molar-refractivity contribution in [2.75, 3.05) is 26.3 Å². The van der Waals surface area contributed by atoms with E-state index in [0.29, 0.717) is 13.2 Å². The van der Waals surface area contributed by atoms with Gasteiger partial charge in [0.05, 0.1) is 18.8 Å². The molecule has 1 saturated heterocycles. The van der Waals surface area contributed by atoms with Crippen LogP contribution >= 0.6 is 24.0 Å². The van der Waals surface area contributed by atoms with Crippen LogP contribution in [0.1, 0.15) is 42.9 Å². The molecule has 1 aliphatic heterocycles. The zero-order valence-electron chi connectivity index (χ0n) is 18.9. The van der Waals surface area contributed by atoms with Crippen LogP contribution in [0.5, 0.6) is 5.75 Å². The minimum Gasteiger partial charge on any atom is -0.491 e. The lowest BCUT2D eigenvalue weighted by molar-refractivity contribution is 0.0676. The number of benzene rings is 1. The monoisotopic (exact) mass is 541 g/mol. The van der Waals surface area contributed by atoms with Crippen LogP contribution in [0.4, 0.5) is 0 Å². The van der Waals surface area contributed by atoms with E-state index < -0.39 is 0 Å². The van der Waals surface area contributed by atoms with Gasteiger partial charge in [0.2, 0.25) is 0 Å². The standard InChI is InChI=1S/C23H35N5O2.HI/c1-4-24-23(25-11-5-7-19-14-27-28(3)16-19)26-15-20-10-9-18(2)13-22(20)30-17-21-8-6-12-29-21;/h9-10,13-14,16,21H,4-8,11-12,15,17H2,1-3H3,(H2,24,25,26);1H. The molecule has 1 aromatic heterocycles. The Kier molecular flexibility index (Phi) is 11.1. The van der Waals surface area contributed by atoms with E-state index in [9.17, 15) is 0 Å². The van der Waals surface area contributed by atoms with E-state index in [1.807, 2.05) is 17.9 Å². The summed E-state index contributed by atoms with van der Waals surface area (Å²) in [5.41, 5.74) is 3.53. The maximum absolute atomic E-state index is 6.10. The molecule has 0 radical (unpaired) electrons. The maximum atomic E-state index is 6.10. The highest BCUT2D eigenvalue weighted by Gasteiger charge is 2.17. The van der Waals surface area contributed by atoms with Crippen LogP contribution in [0.25, 0.3) is 0 Å². The Morgan fingerprint density at radius 1 is 1.35 bits per heavy atom. The lowest BCUT2D eigenvalue weighted by atomic mass is 10.1. The Balaban J connectivity index is 0.00000341. The molecule has 1 aromatic carbocycles. The number of ether oxygens (including phenoxy) is 2. The largest absolute Gasteiger partial charge is 0.491 e. The zero-order valence-corrected chi connectivity index (χ0v) is 21.2. The minimum absolute atomic E-state index is 0. The lowest BCUT2D eigenvalue weighted by Gasteiger charge is -2.15. The first-order valence-corrected chi connectivity index (χ1v) is 11.0. The summed E-state index contributed by atoms with van der Waals surface area (Å²) in [6.45, 7) is 7.86. The molecule has 1 aliphatic rings. The maximum Gasteiger partial charge on any atom is 0.191 e. The average molecular weight is 541 g/mol. The van der Waals surface area contributed by atoms with Crippen molar-refractivity contribution >= 4 is 29.9 Å². The van der Waals surface area contributed by atoms with Gasteiger partial charge in [-0.05, 0) is 56.7 Å². The summed E-state index contributed by atoms with van der Waals surface area (Å²) in [7, 11) is 1.95. The second-order valence-corrected chi connectivity index (χ2v) is 7.80. The molecule has 1 fully saturated rings. The van der Waals surface area contributed by atoms with Crippen molar-refractivity contribution in [2.24, 2.45) is 12.0 Å². The number of halogens is 1. The second-order valence-electron chi connectivity index (χ2n) is 7.80. The number of rotatable bonds is 10. The molecule has 1 atom stereocenters. The number of aromatic nitrogens is 2. The quantitative estimate of drug-likeness (QED) is 0.208. The topological polar surface area (TPSA) is 72.7 Å². The highest BCUT2D eigenvalue weighted by atomic mass is 127. The number of aliphatic imine (C=N–C) groups is 1. The summed E-state index contributed by atoms with van der Waals surface area (Å²) in [6, 6.07) is 6.31. The van der Waals surface area contributed by atoms with Gasteiger partial charge < -0.3 is 20.1 Å². The first kappa shape index (κ1) is 25.5. The molecule has 172 valence electrons. The third kappa shape index (κ3) is 8.68. The molecule has 2 N–H and O–H groups in total. The van der Waals surface area contributed by atoms with Crippen molar-refractivity contribution in [1.29, 1.82) is 0 Å². The summed E-state index contributed by atoms with van der Waals surface area (Å²) in [4.78, 5) is 4.77. The molecule has 0 saturated carbocycles. The van der Waals surface area contributed by atoms with E-state index in [0.717, 1.165) is 62.7 Å². The third-order valence-electron chi connectivity index (χ3n) is 5.12. The summed E-state index contributed by atoms with van der Waals surface area (Å²) < 4.78 is 13.6. The predicted octanol–water partition coefficient (Wildman–Crippen LogP) is 3.59. The number of aryl methyl sites for hydroxylation is 3. The van der Waals surface area contributed by atoms with Crippen molar-refractivity contribution < 1.29 is 9.47 Å². The van der Waals surface area contributed by atoms with Gasteiger partial charge in [0.15, 0.2) is 5.96 Å². The van der Waals surface area contributed by atoms with Crippen LogP contribution in [-0.2, 0) is 24.8 Å². The van der Waals surface area contributed by atoms with Crippen molar-refractivity contribution in [3.8, 4) is 5.75 Å². The molecule has 3 rings (SSSR count). The summed E-state index contributed by atoms with van der Waals surface area (Å²) in [5, 5.41) is 11.0. The Hall–Kier alpha value is -1.81. The van der Waals surface area contributed by atoms with Gasteiger partial charge in [-0.2, -0.15) is 5.10 Å². The first-order chi connectivity index (χ1) is 14.6. The van der Waals surface area contributed by atoms with Crippen LogP contribution < -0.4 is 15.4 Å². The van der Waals surface area contributed by atoms with Gasteiger partial charge in [-0.3, -0.25) is 4.68 Å². The van der Waals surface area contributed by atoms with Gasteiger partial charge in [-0.25, -0.2) is 4.99 Å². The molecule has 8 heteroatoms. The third-order valence-corrected chi connectivity index (χ3v) is 5.12. The zero-order chi connectivity index (χ0) is 21.2. The SMILES string of the molecule is CCNC(=NCc1ccc(C)cc1OCC1CCCO1)NCCCc1cnn(C)c1.I. The second kappa shape index (κ2) is 13.6. The van der Waals surface area contributed by atoms with E-state index in [-0.39, 0.29) is 30.1 Å². The molecule has 2 heterocycles. The van der Waals surface area contributed by atoms with E-state index >= 15 is 0 Å². The number of nitrogens with zero attached hydrogens (tertiary/aromatic N) is 3. The molecular weight excluding hydrogens is 505 g/mol. The van der Waals surface area contributed by atoms with E-state index in [4.69, 9.17) is 14.5 Å². The van der Waals surface area contributed by atoms with Gasteiger partial charge in [0, 0.05) is 38.5 Å². The van der Waals surface area contributed by atoms with Gasteiger partial charge in [0.1, 0.15) is 12.4 Å². The summed E-state index contributed by atoms with van der Waals surface area (Å²) in [6.07, 6.45) is 8.42. The van der Waals surface area contributed by atoms with Crippen molar-refractivity contribution in [1.82, 2.24) is 20.4 Å². The molecule has 0 aliphatic carbocycles. The molecule has 31 heavy (non-hydrogen) atoms. The van der Waals surface area contributed by atoms with Gasteiger partial charge in [-0.1, -0.05) is 12.1 Å². The molecular formula is C23H36IN5O2. The van der Waals surface area contributed by atoms with E-state index in [1.165, 1.54) is 11.1 Å². The molecule has 1 unspecified atom stereocenters. The number of hydrogen-bond acceptors (Lipinski definition) is 4. The van der Waals surface area contributed by atoms with Gasteiger partial charge in [-0.15, -0.1) is 24.0 Å². The van der Waals surface area contributed by atoms with Crippen LogP contribution in [0.15, 0.2) is 35.6 Å². The first-order valence-electron chi connectivity index (χ1n) is 11.0. The highest BCUT2D eigenvalue weighted by Crippen LogP contribution is 2.23. The Labute approximate surface area is 203 Å². The fourth-order valence-electron chi connectivity index (χ4n) is 3.49. The summed E-state index contributed by atoms with van der Waals surface area (Å²) in [5.74, 6) is 1.73. The Morgan fingerprint density at radius 2 is 2.23 bits per heavy atom. The predicted molar refractivity (Wildman–Crippen MR) is 135 cm³/mol. The van der Waals surface area contributed by atoms with Gasteiger partial charge >= 0.3 is 0 Å².